The number of aryl methyl sites for hydroxylation is 1. The summed E-state index contributed by atoms with van der Waals surface area (Å²) in [6, 6.07) is 9.62. The van der Waals surface area contributed by atoms with Gasteiger partial charge in [0.25, 0.3) is 0 Å². The van der Waals surface area contributed by atoms with Crippen LogP contribution in [0.2, 0.25) is 0 Å². The molecule has 1 heterocycles. The van der Waals surface area contributed by atoms with Gasteiger partial charge < -0.3 is 4.74 Å². The van der Waals surface area contributed by atoms with Crippen molar-refractivity contribution in [1.82, 2.24) is 4.98 Å². The molecule has 2 rings (SSSR count). The molecule has 0 aliphatic heterocycles. The van der Waals surface area contributed by atoms with E-state index in [0.29, 0.717) is 22.6 Å². The molecule has 0 radical (unpaired) electrons. The highest BCUT2D eigenvalue weighted by Gasteiger charge is 2.13. The Morgan fingerprint density at radius 3 is 2.72 bits per heavy atom. The van der Waals surface area contributed by atoms with Crippen LogP contribution in [-0.4, -0.2) is 12.1 Å². The van der Waals surface area contributed by atoms with Crippen LogP contribution in [0.5, 0.6) is 5.75 Å². The second-order valence-corrected chi connectivity index (χ2v) is 3.81. The number of methoxy groups -OCH3 is 1. The molecule has 4 heteroatoms. The molecule has 0 N–H and O–H groups in total. The van der Waals surface area contributed by atoms with E-state index >= 15 is 0 Å². The summed E-state index contributed by atoms with van der Waals surface area (Å²) < 4.78 is 18.5. The van der Waals surface area contributed by atoms with E-state index in [1.54, 1.807) is 12.1 Å². The van der Waals surface area contributed by atoms with Gasteiger partial charge in [0.2, 0.25) is 0 Å². The predicted molar refractivity (Wildman–Crippen MR) is 65.6 cm³/mol. The maximum Gasteiger partial charge on any atom is 0.128 e. The fourth-order valence-electron chi connectivity index (χ4n) is 1.72. The average Bonchev–Trinajstić information content (AvgIpc) is 2.38. The summed E-state index contributed by atoms with van der Waals surface area (Å²) in [6.45, 7) is 1.82. The van der Waals surface area contributed by atoms with Crippen LogP contribution >= 0.6 is 0 Å². The molecular weight excluding hydrogens is 231 g/mol. The quantitative estimate of drug-likeness (QED) is 0.813. The summed E-state index contributed by atoms with van der Waals surface area (Å²) >= 11 is 0. The van der Waals surface area contributed by atoms with Crippen LogP contribution < -0.4 is 4.74 Å². The summed E-state index contributed by atoms with van der Waals surface area (Å²) in [5.41, 5.74) is 2.08. The van der Waals surface area contributed by atoms with Gasteiger partial charge in [0.1, 0.15) is 17.6 Å². The topological polar surface area (TPSA) is 45.9 Å². The molecule has 1 aromatic carbocycles. The lowest BCUT2D eigenvalue weighted by atomic mass is 10.0. The maximum atomic E-state index is 13.3. The molecule has 0 bridgehead atoms. The lowest BCUT2D eigenvalue weighted by molar-refractivity contribution is 0.415. The van der Waals surface area contributed by atoms with Crippen LogP contribution in [0.15, 0.2) is 30.3 Å². The van der Waals surface area contributed by atoms with E-state index in [9.17, 15) is 4.39 Å². The third-order valence-electron chi connectivity index (χ3n) is 2.57. The Hall–Kier alpha value is -2.41. The van der Waals surface area contributed by atoms with Crippen molar-refractivity contribution < 1.29 is 9.13 Å². The molecule has 2 aromatic rings. The van der Waals surface area contributed by atoms with Gasteiger partial charge in [-0.05, 0) is 37.3 Å². The van der Waals surface area contributed by atoms with Gasteiger partial charge in [0.05, 0.1) is 18.4 Å². The number of aromatic nitrogens is 1. The Bertz CT molecular complexity index is 632. The first-order valence-corrected chi connectivity index (χ1v) is 5.37. The Morgan fingerprint density at radius 2 is 2.06 bits per heavy atom. The second-order valence-electron chi connectivity index (χ2n) is 3.81. The highest BCUT2D eigenvalue weighted by molar-refractivity contribution is 5.72. The third-order valence-corrected chi connectivity index (χ3v) is 2.57. The molecule has 0 aliphatic carbocycles. The van der Waals surface area contributed by atoms with Crippen LogP contribution in [0.4, 0.5) is 4.39 Å². The van der Waals surface area contributed by atoms with Gasteiger partial charge in [-0.1, -0.05) is 0 Å². The van der Waals surface area contributed by atoms with Crippen molar-refractivity contribution in [2.24, 2.45) is 0 Å². The number of pyridine rings is 1. The number of halogens is 1. The summed E-state index contributed by atoms with van der Waals surface area (Å²) in [4.78, 5) is 4.29. The van der Waals surface area contributed by atoms with E-state index in [4.69, 9.17) is 10.00 Å². The Labute approximate surface area is 104 Å². The zero-order valence-electron chi connectivity index (χ0n) is 10.1. The SMILES string of the molecule is COc1ccc(F)cc1-c1nc(C)ccc1C#N. The fraction of sp³-hybridized carbons (Fsp3) is 0.143. The highest BCUT2D eigenvalue weighted by Crippen LogP contribution is 2.31. The number of nitriles is 1. The van der Waals surface area contributed by atoms with Crippen LogP contribution in [0.25, 0.3) is 11.3 Å². The minimum Gasteiger partial charge on any atom is -0.496 e. The number of nitrogens with zero attached hydrogens (tertiary/aromatic N) is 2. The van der Waals surface area contributed by atoms with Crippen molar-refractivity contribution in [3.63, 3.8) is 0 Å². The smallest absolute Gasteiger partial charge is 0.128 e. The molecule has 0 spiro atoms. The molecule has 0 atom stereocenters. The lowest BCUT2D eigenvalue weighted by Crippen LogP contribution is -1.95. The number of hydrogen-bond acceptors (Lipinski definition) is 3. The minimum absolute atomic E-state index is 0.391. The lowest BCUT2D eigenvalue weighted by Gasteiger charge is -2.09. The molecule has 3 nitrogen and oxygen atoms in total. The monoisotopic (exact) mass is 242 g/mol. The molecule has 0 aliphatic rings. The Balaban J connectivity index is 2.72. The molecule has 0 unspecified atom stereocenters. The summed E-state index contributed by atoms with van der Waals surface area (Å²) in [6.07, 6.45) is 0. The third kappa shape index (κ3) is 2.16. The summed E-state index contributed by atoms with van der Waals surface area (Å²) in [7, 11) is 1.50. The number of benzene rings is 1. The van der Waals surface area contributed by atoms with E-state index in [1.807, 2.05) is 6.92 Å². The van der Waals surface area contributed by atoms with Crippen LogP contribution in [0, 0.1) is 24.1 Å². The highest BCUT2D eigenvalue weighted by atomic mass is 19.1. The van der Waals surface area contributed by atoms with Gasteiger partial charge in [0, 0.05) is 11.3 Å². The molecule has 0 fully saturated rings. The first-order chi connectivity index (χ1) is 8.65. The van der Waals surface area contributed by atoms with Crippen molar-refractivity contribution in [2.45, 2.75) is 6.92 Å². The van der Waals surface area contributed by atoms with Gasteiger partial charge >= 0.3 is 0 Å². The number of ether oxygens (including phenoxy) is 1. The molecule has 1 aromatic heterocycles. The molecule has 18 heavy (non-hydrogen) atoms. The van der Waals surface area contributed by atoms with Gasteiger partial charge in [-0.15, -0.1) is 0 Å². The average molecular weight is 242 g/mol. The first-order valence-electron chi connectivity index (χ1n) is 5.37. The Kier molecular flexibility index (Phi) is 3.24. The van der Waals surface area contributed by atoms with Gasteiger partial charge in [-0.25, -0.2) is 4.39 Å². The summed E-state index contributed by atoms with van der Waals surface area (Å²) in [5, 5.41) is 9.08. The molecular formula is C14H11FN2O. The van der Waals surface area contributed by atoms with Crippen molar-refractivity contribution in [1.29, 1.82) is 5.26 Å². The fourth-order valence-corrected chi connectivity index (χ4v) is 1.72. The van der Waals surface area contributed by atoms with Gasteiger partial charge in [-0.3, -0.25) is 4.98 Å². The van der Waals surface area contributed by atoms with E-state index < -0.39 is 5.82 Å². The number of hydrogen-bond donors (Lipinski definition) is 0. The molecule has 0 saturated heterocycles. The zero-order valence-corrected chi connectivity index (χ0v) is 10.1. The van der Waals surface area contributed by atoms with E-state index in [-0.39, 0.29) is 0 Å². The van der Waals surface area contributed by atoms with Crippen LogP contribution in [0.3, 0.4) is 0 Å². The van der Waals surface area contributed by atoms with Crippen LogP contribution in [-0.2, 0) is 0 Å². The zero-order chi connectivity index (χ0) is 13.1. The normalized spacial score (nSPS) is 9.89. The van der Waals surface area contributed by atoms with Crippen molar-refractivity contribution in [3.8, 4) is 23.1 Å². The number of rotatable bonds is 2. The molecule has 0 saturated carbocycles. The maximum absolute atomic E-state index is 13.3. The van der Waals surface area contributed by atoms with Gasteiger partial charge in [0.15, 0.2) is 0 Å². The van der Waals surface area contributed by atoms with Gasteiger partial charge in [-0.2, -0.15) is 5.26 Å². The second kappa shape index (κ2) is 4.84. The van der Waals surface area contributed by atoms with Crippen molar-refractivity contribution in [2.75, 3.05) is 7.11 Å². The van der Waals surface area contributed by atoms with E-state index in [1.165, 1.54) is 25.3 Å². The standard InChI is InChI=1S/C14H11FN2O/c1-9-3-4-10(8-16)14(17-9)12-7-11(15)5-6-13(12)18-2/h3-7H,1-2H3. The van der Waals surface area contributed by atoms with Crippen molar-refractivity contribution >= 4 is 0 Å². The largest absolute Gasteiger partial charge is 0.496 e. The minimum atomic E-state index is -0.391. The van der Waals surface area contributed by atoms with Crippen LogP contribution in [0.1, 0.15) is 11.3 Å². The molecule has 0 amide bonds. The first kappa shape index (κ1) is 12.1. The summed E-state index contributed by atoms with van der Waals surface area (Å²) in [5.74, 6) is 0.101. The predicted octanol–water partition coefficient (Wildman–Crippen LogP) is 3.08. The van der Waals surface area contributed by atoms with E-state index in [0.717, 1.165) is 5.69 Å². The van der Waals surface area contributed by atoms with Crippen molar-refractivity contribution in [3.05, 3.63) is 47.4 Å². The van der Waals surface area contributed by atoms with E-state index in [2.05, 4.69) is 11.1 Å². The molecule has 90 valence electrons. The Morgan fingerprint density at radius 1 is 1.28 bits per heavy atom.